The minimum absolute atomic E-state index is 0.909. The van der Waals surface area contributed by atoms with Gasteiger partial charge in [-0.3, -0.25) is 0 Å². The van der Waals surface area contributed by atoms with Gasteiger partial charge in [0.25, 0.3) is 0 Å². The van der Waals surface area contributed by atoms with Crippen molar-refractivity contribution in [2.24, 2.45) is 0 Å². The molecule has 0 atom stereocenters. The summed E-state index contributed by atoms with van der Waals surface area (Å²) in [5.74, 6) is 0.909. The van der Waals surface area contributed by atoms with E-state index in [0.29, 0.717) is 0 Å². The molecule has 0 aliphatic heterocycles. The van der Waals surface area contributed by atoms with E-state index in [0.717, 1.165) is 17.9 Å². The number of hydrogen-bond acceptors (Lipinski definition) is 2. The third-order valence-electron chi connectivity index (χ3n) is 2.04. The van der Waals surface area contributed by atoms with Crippen LogP contribution in [0.25, 0.3) is 11.3 Å². The van der Waals surface area contributed by atoms with Gasteiger partial charge >= 0.3 is 0 Å². The van der Waals surface area contributed by atoms with Gasteiger partial charge in [-0.05, 0) is 32.3 Å². The number of furan rings is 1. The predicted molar refractivity (Wildman–Crippen MR) is 55.9 cm³/mol. The molecule has 0 saturated carbocycles. The van der Waals surface area contributed by atoms with Crippen LogP contribution in [0.15, 0.2) is 35.1 Å². The van der Waals surface area contributed by atoms with Crippen LogP contribution >= 0.6 is 0 Å². The third-order valence-corrected chi connectivity index (χ3v) is 2.04. The van der Waals surface area contributed by atoms with Crippen molar-refractivity contribution in [3.8, 4) is 11.3 Å². The molecule has 0 fully saturated rings. The van der Waals surface area contributed by atoms with Gasteiger partial charge in [0.1, 0.15) is 5.76 Å². The molecule has 0 unspecified atom stereocenters. The molecule has 0 bridgehead atoms. The van der Waals surface area contributed by atoms with Crippen LogP contribution in [0.2, 0.25) is 0 Å². The monoisotopic (exact) mass is 190 g/mol. The second kappa shape index (κ2) is 3.72. The van der Waals surface area contributed by atoms with Crippen LogP contribution in [-0.2, 0) is 6.54 Å². The maximum atomic E-state index is 5.30. The van der Waals surface area contributed by atoms with E-state index in [1.54, 1.807) is 6.26 Å². The van der Waals surface area contributed by atoms with Crippen molar-refractivity contribution in [1.29, 1.82) is 0 Å². The molecule has 0 aliphatic rings. The molecule has 74 valence electrons. The van der Waals surface area contributed by atoms with E-state index < -0.39 is 0 Å². The molecular formula is C11H14N2O. The fraction of sp³-hybridized carbons (Fsp3) is 0.273. The normalized spacial score (nSPS) is 11.1. The summed E-state index contributed by atoms with van der Waals surface area (Å²) in [5.41, 5.74) is 2.30. The number of nitrogens with one attached hydrogen (secondary N) is 1. The zero-order valence-electron chi connectivity index (χ0n) is 8.45. The van der Waals surface area contributed by atoms with Crippen molar-refractivity contribution in [1.82, 2.24) is 9.88 Å². The molecule has 2 rings (SSSR count). The Balaban J connectivity index is 2.18. The molecule has 0 radical (unpaired) electrons. The van der Waals surface area contributed by atoms with Gasteiger partial charge in [0.05, 0.1) is 6.26 Å². The smallest absolute Gasteiger partial charge is 0.135 e. The highest BCUT2D eigenvalue weighted by molar-refractivity contribution is 5.56. The SMILES string of the molecule is CN(C)Cc1cc(-c2ccco2)c[nH]1. The van der Waals surface area contributed by atoms with Crippen LogP contribution in [0.5, 0.6) is 0 Å². The van der Waals surface area contributed by atoms with Crippen LogP contribution < -0.4 is 0 Å². The Morgan fingerprint density at radius 1 is 1.43 bits per heavy atom. The first-order valence-electron chi connectivity index (χ1n) is 4.61. The predicted octanol–water partition coefficient (Wildman–Crippen LogP) is 2.34. The first kappa shape index (κ1) is 9.09. The van der Waals surface area contributed by atoms with E-state index >= 15 is 0 Å². The average Bonchev–Trinajstić information content (AvgIpc) is 2.69. The molecule has 2 heterocycles. The van der Waals surface area contributed by atoms with Gasteiger partial charge in [0, 0.05) is 24.0 Å². The molecule has 0 saturated heterocycles. The van der Waals surface area contributed by atoms with Crippen LogP contribution in [0.4, 0.5) is 0 Å². The average molecular weight is 190 g/mol. The molecule has 3 nitrogen and oxygen atoms in total. The Kier molecular flexibility index (Phi) is 2.41. The summed E-state index contributed by atoms with van der Waals surface area (Å²) in [5, 5.41) is 0. The summed E-state index contributed by atoms with van der Waals surface area (Å²) in [6.45, 7) is 0.917. The Morgan fingerprint density at radius 3 is 2.93 bits per heavy atom. The van der Waals surface area contributed by atoms with Crippen molar-refractivity contribution in [2.45, 2.75) is 6.54 Å². The van der Waals surface area contributed by atoms with E-state index in [1.807, 2.05) is 32.4 Å². The fourth-order valence-corrected chi connectivity index (χ4v) is 1.46. The van der Waals surface area contributed by atoms with Gasteiger partial charge in [-0.25, -0.2) is 0 Å². The number of aromatic amines is 1. The van der Waals surface area contributed by atoms with Gasteiger partial charge in [-0.15, -0.1) is 0 Å². The minimum atomic E-state index is 0.909. The highest BCUT2D eigenvalue weighted by Crippen LogP contribution is 2.20. The van der Waals surface area contributed by atoms with Gasteiger partial charge in [-0.2, -0.15) is 0 Å². The first-order valence-corrected chi connectivity index (χ1v) is 4.61. The molecule has 14 heavy (non-hydrogen) atoms. The van der Waals surface area contributed by atoms with Crippen molar-refractivity contribution >= 4 is 0 Å². The summed E-state index contributed by atoms with van der Waals surface area (Å²) in [7, 11) is 4.10. The number of rotatable bonds is 3. The number of nitrogens with zero attached hydrogens (tertiary/aromatic N) is 1. The molecule has 2 aromatic heterocycles. The van der Waals surface area contributed by atoms with E-state index in [2.05, 4.69) is 16.0 Å². The van der Waals surface area contributed by atoms with Gasteiger partial charge < -0.3 is 14.3 Å². The van der Waals surface area contributed by atoms with Crippen LogP contribution in [-0.4, -0.2) is 24.0 Å². The molecule has 0 aromatic carbocycles. The molecular weight excluding hydrogens is 176 g/mol. The molecule has 3 heteroatoms. The lowest BCUT2D eigenvalue weighted by atomic mass is 10.2. The van der Waals surface area contributed by atoms with E-state index in [9.17, 15) is 0 Å². The summed E-state index contributed by atoms with van der Waals surface area (Å²) < 4.78 is 5.30. The van der Waals surface area contributed by atoms with Crippen molar-refractivity contribution in [3.05, 3.63) is 36.4 Å². The van der Waals surface area contributed by atoms with Crippen molar-refractivity contribution in [2.75, 3.05) is 14.1 Å². The Labute approximate surface area is 83.3 Å². The lowest BCUT2D eigenvalue weighted by Gasteiger charge is -2.06. The van der Waals surface area contributed by atoms with Crippen molar-refractivity contribution in [3.63, 3.8) is 0 Å². The zero-order valence-corrected chi connectivity index (χ0v) is 8.45. The summed E-state index contributed by atoms with van der Waals surface area (Å²) in [4.78, 5) is 5.35. The fourth-order valence-electron chi connectivity index (χ4n) is 1.46. The number of hydrogen-bond donors (Lipinski definition) is 1. The number of aromatic nitrogens is 1. The van der Waals surface area contributed by atoms with Gasteiger partial charge in [-0.1, -0.05) is 0 Å². The first-order chi connectivity index (χ1) is 6.75. The van der Waals surface area contributed by atoms with Gasteiger partial charge in [0.15, 0.2) is 0 Å². The number of H-pyrrole nitrogens is 1. The standard InChI is InChI=1S/C11H14N2O/c1-13(2)8-10-6-9(7-12-10)11-4-3-5-14-11/h3-7,12H,8H2,1-2H3. The van der Waals surface area contributed by atoms with Crippen molar-refractivity contribution < 1.29 is 4.42 Å². The molecule has 0 spiro atoms. The topological polar surface area (TPSA) is 32.2 Å². The second-order valence-electron chi connectivity index (χ2n) is 3.63. The second-order valence-corrected chi connectivity index (χ2v) is 3.63. The zero-order chi connectivity index (χ0) is 9.97. The Hall–Kier alpha value is -1.48. The maximum Gasteiger partial charge on any atom is 0.135 e. The molecule has 0 amide bonds. The highest BCUT2D eigenvalue weighted by Gasteiger charge is 2.04. The maximum absolute atomic E-state index is 5.30. The summed E-state index contributed by atoms with van der Waals surface area (Å²) >= 11 is 0. The summed E-state index contributed by atoms with van der Waals surface area (Å²) in [6.07, 6.45) is 3.66. The largest absolute Gasteiger partial charge is 0.464 e. The van der Waals surface area contributed by atoms with E-state index in [4.69, 9.17) is 4.42 Å². The third kappa shape index (κ3) is 1.88. The molecule has 0 aliphatic carbocycles. The lowest BCUT2D eigenvalue weighted by molar-refractivity contribution is 0.398. The van der Waals surface area contributed by atoms with Crippen LogP contribution in [0.1, 0.15) is 5.69 Å². The van der Waals surface area contributed by atoms with E-state index in [-0.39, 0.29) is 0 Å². The Bertz CT molecular complexity index is 387. The quantitative estimate of drug-likeness (QED) is 0.805. The molecule has 1 N–H and O–H groups in total. The highest BCUT2D eigenvalue weighted by atomic mass is 16.3. The molecule has 2 aromatic rings. The van der Waals surface area contributed by atoms with Gasteiger partial charge in [0.2, 0.25) is 0 Å². The van der Waals surface area contributed by atoms with Crippen LogP contribution in [0.3, 0.4) is 0 Å². The van der Waals surface area contributed by atoms with Crippen LogP contribution in [0, 0.1) is 0 Å². The van der Waals surface area contributed by atoms with E-state index in [1.165, 1.54) is 5.69 Å². The summed E-state index contributed by atoms with van der Waals surface area (Å²) in [6, 6.07) is 5.97. The minimum Gasteiger partial charge on any atom is -0.464 e. The lowest BCUT2D eigenvalue weighted by Crippen LogP contribution is -2.10. The Morgan fingerprint density at radius 2 is 2.29 bits per heavy atom.